The van der Waals surface area contributed by atoms with E-state index < -0.39 is 9.84 Å². The Morgan fingerprint density at radius 1 is 1.40 bits per heavy atom. The molecule has 0 unspecified atom stereocenters. The van der Waals surface area contributed by atoms with Crippen LogP contribution in [0.15, 0.2) is 23.1 Å². The molecule has 0 spiro atoms. The van der Waals surface area contributed by atoms with Crippen LogP contribution in [0.25, 0.3) is 0 Å². The maximum absolute atomic E-state index is 11.6. The molecular weight excluding hydrogens is 257 g/mol. The lowest BCUT2D eigenvalue weighted by Gasteiger charge is -2.03. The van der Waals surface area contributed by atoms with Crippen LogP contribution >= 0.6 is 23.2 Å². The number of hydrogen-bond donors (Lipinski definition) is 0. The predicted octanol–water partition coefficient (Wildman–Crippen LogP) is 2.22. The topological polar surface area (TPSA) is 57.9 Å². The summed E-state index contributed by atoms with van der Waals surface area (Å²) in [4.78, 5) is 0.0900. The molecule has 0 aromatic heterocycles. The third kappa shape index (κ3) is 2.85. The van der Waals surface area contributed by atoms with Gasteiger partial charge in [-0.05, 0) is 18.2 Å². The molecule has 80 valence electrons. The summed E-state index contributed by atoms with van der Waals surface area (Å²) in [5.41, 5.74) is 0.251. The molecular formula is C9H7Cl2NO2S. The Bertz CT molecular complexity index is 505. The summed E-state index contributed by atoms with van der Waals surface area (Å²) in [6, 6.07) is 5.85. The molecule has 0 aliphatic carbocycles. The number of sulfone groups is 1. The van der Waals surface area contributed by atoms with Crippen molar-refractivity contribution in [2.24, 2.45) is 0 Å². The molecule has 0 saturated heterocycles. The van der Waals surface area contributed by atoms with Crippen molar-refractivity contribution in [1.29, 1.82) is 5.26 Å². The van der Waals surface area contributed by atoms with E-state index >= 15 is 0 Å². The van der Waals surface area contributed by atoms with Crippen molar-refractivity contribution in [2.75, 3.05) is 11.6 Å². The van der Waals surface area contributed by atoms with Crippen LogP contribution in [-0.4, -0.2) is 20.1 Å². The highest BCUT2D eigenvalue weighted by atomic mass is 35.5. The van der Waals surface area contributed by atoms with Gasteiger partial charge in [0.15, 0.2) is 9.84 Å². The highest BCUT2D eigenvalue weighted by molar-refractivity contribution is 7.91. The summed E-state index contributed by atoms with van der Waals surface area (Å²) in [6.45, 7) is 0. The molecule has 0 aliphatic heterocycles. The van der Waals surface area contributed by atoms with Crippen molar-refractivity contribution in [3.05, 3.63) is 28.8 Å². The minimum atomic E-state index is -3.38. The zero-order valence-corrected chi connectivity index (χ0v) is 9.90. The van der Waals surface area contributed by atoms with Crippen LogP contribution < -0.4 is 0 Å². The molecule has 15 heavy (non-hydrogen) atoms. The van der Waals surface area contributed by atoms with Crippen LogP contribution in [0.4, 0.5) is 0 Å². The SMILES string of the molecule is N#Cc1ccc(S(=O)(=O)CCCl)cc1Cl. The number of alkyl halides is 1. The molecule has 3 nitrogen and oxygen atoms in total. The first kappa shape index (κ1) is 12.3. The van der Waals surface area contributed by atoms with E-state index in [-0.39, 0.29) is 27.1 Å². The maximum Gasteiger partial charge on any atom is 0.179 e. The number of rotatable bonds is 3. The van der Waals surface area contributed by atoms with Gasteiger partial charge >= 0.3 is 0 Å². The molecule has 0 radical (unpaired) electrons. The molecule has 1 rings (SSSR count). The van der Waals surface area contributed by atoms with Crippen molar-refractivity contribution < 1.29 is 8.42 Å². The summed E-state index contributed by atoms with van der Waals surface area (Å²) in [7, 11) is -3.38. The number of nitrogens with zero attached hydrogens (tertiary/aromatic N) is 1. The number of halogens is 2. The van der Waals surface area contributed by atoms with E-state index in [9.17, 15) is 8.42 Å². The van der Waals surface area contributed by atoms with Gasteiger partial charge < -0.3 is 0 Å². The van der Waals surface area contributed by atoms with Gasteiger partial charge in [0.2, 0.25) is 0 Å². The second-order valence-electron chi connectivity index (χ2n) is 2.76. The quantitative estimate of drug-likeness (QED) is 0.786. The van der Waals surface area contributed by atoms with E-state index in [1.54, 1.807) is 0 Å². The predicted molar refractivity (Wildman–Crippen MR) is 58.9 cm³/mol. The van der Waals surface area contributed by atoms with E-state index in [0.717, 1.165) is 0 Å². The van der Waals surface area contributed by atoms with Gasteiger partial charge in [0.25, 0.3) is 0 Å². The number of nitriles is 1. The molecule has 0 bridgehead atoms. The number of benzene rings is 1. The zero-order chi connectivity index (χ0) is 11.5. The Kier molecular flexibility index (Phi) is 3.97. The maximum atomic E-state index is 11.6. The zero-order valence-electron chi connectivity index (χ0n) is 7.57. The van der Waals surface area contributed by atoms with Gasteiger partial charge in [0.1, 0.15) is 6.07 Å². The van der Waals surface area contributed by atoms with Crippen molar-refractivity contribution in [2.45, 2.75) is 4.90 Å². The minimum absolute atomic E-state index is 0.0277. The van der Waals surface area contributed by atoms with E-state index in [0.29, 0.717) is 0 Å². The van der Waals surface area contributed by atoms with Gasteiger partial charge in [-0.15, -0.1) is 11.6 Å². The molecule has 0 N–H and O–H groups in total. The van der Waals surface area contributed by atoms with E-state index in [4.69, 9.17) is 28.5 Å². The first-order chi connectivity index (χ1) is 7.01. The Labute approximate surface area is 98.2 Å². The van der Waals surface area contributed by atoms with Gasteiger partial charge in [-0.3, -0.25) is 0 Å². The van der Waals surface area contributed by atoms with Crippen LogP contribution in [-0.2, 0) is 9.84 Å². The Hall–Kier alpha value is -0.760. The summed E-state index contributed by atoms with van der Waals surface area (Å²) in [5, 5.41) is 8.74. The van der Waals surface area contributed by atoms with Gasteiger partial charge in [-0.1, -0.05) is 11.6 Å². The van der Waals surface area contributed by atoms with Crippen molar-refractivity contribution in [3.63, 3.8) is 0 Å². The standard InChI is InChI=1S/C9H7Cl2NO2S/c10-3-4-15(13,14)8-2-1-7(6-12)9(11)5-8/h1-2,5H,3-4H2. The van der Waals surface area contributed by atoms with Crippen molar-refractivity contribution >= 4 is 33.0 Å². The second kappa shape index (κ2) is 4.84. The molecule has 0 atom stereocenters. The van der Waals surface area contributed by atoms with Gasteiger partial charge in [-0.25, -0.2) is 8.42 Å². The van der Waals surface area contributed by atoms with Crippen molar-refractivity contribution in [1.82, 2.24) is 0 Å². The lowest BCUT2D eigenvalue weighted by molar-refractivity contribution is 0.597. The average Bonchev–Trinajstić information content (AvgIpc) is 2.17. The molecule has 0 saturated carbocycles. The highest BCUT2D eigenvalue weighted by Gasteiger charge is 2.14. The Balaban J connectivity index is 3.20. The van der Waals surface area contributed by atoms with Crippen molar-refractivity contribution in [3.8, 4) is 6.07 Å². The minimum Gasteiger partial charge on any atom is -0.224 e. The van der Waals surface area contributed by atoms with Crippen LogP contribution in [0, 0.1) is 11.3 Å². The number of hydrogen-bond acceptors (Lipinski definition) is 3. The molecule has 0 aliphatic rings. The van der Waals surface area contributed by atoms with Crippen LogP contribution in [0.3, 0.4) is 0 Å². The lowest BCUT2D eigenvalue weighted by atomic mass is 10.2. The fraction of sp³-hybridized carbons (Fsp3) is 0.222. The molecule has 0 heterocycles. The third-order valence-corrected chi connectivity index (χ3v) is 4.21. The normalized spacial score (nSPS) is 11.0. The molecule has 0 amide bonds. The largest absolute Gasteiger partial charge is 0.224 e. The van der Waals surface area contributed by atoms with Crippen LogP contribution in [0.2, 0.25) is 5.02 Å². The first-order valence-corrected chi connectivity index (χ1v) is 6.56. The van der Waals surface area contributed by atoms with Crippen LogP contribution in [0.1, 0.15) is 5.56 Å². The summed E-state index contributed by atoms with van der Waals surface area (Å²) in [5.74, 6) is -0.114. The van der Waals surface area contributed by atoms with E-state index in [1.165, 1.54) is 18.2 Å². The molecule has 1 aromatic carbocycles. The smallest absolute Gasteiger partial charge is 0.179 e. The monoisotopic (exact) mass is 263 g/mol. The molecule has 0 fully saturated rings. The van der Waals surface area contributed by atoms with E-state index in [1.807, 2.05) is 6.07 Å². The lowest BCUT2D eigenvalue weighted by Crippen LogP contribution is -2.07. The summed E-state index contributed by atoms with van der Waals surface area (Å²) >= 11 is 11.1. The highest BCUT2D eigenvalue weighted by Crippen LogP contribution is 2.21. The van der Waals surface area contributed by atoms with Crippen LogP contribution in [0.5, 0.6) is 0 Å². The first-order valence-electron chi connectivity index (χ1n) is 3.99. The summed E-state index contributed by atoms with van der Waals surface area (Å²) in [6.07, 6.45) is 0. The average molecular weight is 264 g/mol. The Morgan fingerprint density at radius 3 is 2.53 bits per heavy atom. The third-order valence-electron chi connectivity index (χ3n) is 1.77. The Morgan fingerprint density at radius 2 is 2.07 bits per heavy atom. The fourth-order valence-corrected chi connectivity index (χ4v) is 2.91. The molecule has 6 heteroatoms. The fourth-order valence-electron chi connectivity index (χ4n) is 0.999. The van der Waals surface area contributed by atoms with Gasteiger partial charge in [0, 0.05) is 5.88 Å². The van der Waals surface area contributed by atoms with Gasteiger partial charge in [-0.2, -0.15) is 5.26 Å². The summed E-state index contributed by atoms with van der Waals surface area (Å²) < 4.78 is 23.1. The second-order valence-corrected chi connectivity index (χ2v) is 5.66. The van der Waals surface area contributed by atoms with Gasteiger partial charge in [0.05, 0.1) is 21.2 Å². The molecule has 1 aromatic rings. The van der Waals surface area contributed by atoms with E-state index in [2.05, 4.69) is 0 Å².